The van der Waals surface area contributed by atoms with Crippen molar-refractivity contribution in [2.75, 3.05) is 19.6 Å². The van der Waals surface area contributed by atoms with Crippen LogP contribution in [-0.4, -0.2) is 54.3 Å². The number of hydrogen-bond donors (Lipinski definition) is 1. The lowest BCUT2D eigenvalue weighted by molar-refractivity contribution is -0.121. The fraction of sp³-hybridized carbons (Fsp3) is 0.545. The molecule has 5 heteroatoms. The molecule has 0 aliphatic carbocycles. The SMILES string of the molecule is C=N/C(=C\C(C)=N)N1CCN(C=O)[C@H](C)C1. The van der Waals surface area contributed by atoms with E-state index in [2.05, 4.69) is 16.6 Å². The Morgan fingerprint density at radius 2 is 2.25 bits per heavy atom. The van der Waals surface area contributed by atoms with E-state index in [1.807, 2.05) is 6.92 Å². The molecular formula is C11H18N4O. The molecule has 88 valence electrons. The molecule has 1 aliphatic rings. The third-order valence-corrected chi connectivity index (χ3v) is 2.65. The number of piperazine rings is 1. The quantitative estimate of drug-likeness (QED) is 0.563. The molecule has 0 aromatic rings. The second kappa shape index (κ2) is 5.44. The Morgan fingerprint density at radius 1 is 1.56 bits per heavy atom. The molecule has 1 atom stereocenters. The first-order chi connectivity index (χ1) is 7.58. The summed E-state index contributed by atoms with van der Waals surface area (Å²) in [5, 5.41) is 7.42. The van der Waals surface area contributed by atoms with Crippen LogP contribution in [0.1, 0.15) is 13.8 Å². The van der Waals surface area contributed by atoms with Crippen molar-refractivity contribution in [3.8, 4) is 0 Å². The van der Waals surface area contributed by atoms with Crippen molar-refractivity contribution in [1.29, 1.82) is 5.41 Å². The number of carbonyl (C=O) groups excluding carboxylic acids is 1. The molecule has 0 saturated carbocycles. The van der Waals surface area contributed by atoms with Crippen LogP contribution in [-0.2, 0) is 4.79 Å². The van der Waals surface area contributed by atoms with E-state index >= 15 is 0 Å². The fourth-order valence-corrected chi connectivity index (χ4v) is 1.77. The van der Waals surface area contributed by atoms with Crippen molar-refractivity contribution in [1.82, 2.24) is 9.80 Å². The van der Waals surface area contributed by atoms with Crippen LogP contribution in [0.2, 0.25) is 0 Å². The van der Waals surface area contributed by atoms with Gasteiger partial charge in [0.05, 0.1) is 0 Å². The molecule has 1 rings (SSSR count). The lowest BCUT2D eigenvalue weighted by atomic mass is 10.2. The molecule has 1 saturated heterocycles. The van der Waals surface area contributed by atoms with Crippen molar-refractivity contribution >= 4 is 18.8 Å². The summed E-state index contributed by atoms with van der Waals surface area (Å²) in [7, 11) is 0. The molecule has 5 nitrogen and oxygen atoms in total. The monoisotopic (exact) mass is 222 g/mol. The summed E-state index contributed by atoms with van der Waals surface area (Å²) in [5.41, 5.74) is 0.452. The molecule has 1 fully saturated rings. The molecule has 0 aromatic carbocycles. The van der Waals surface area contributed by atoms with Gasteiger partial charge in [0.2, 0.25) is 6.41 Å². The van der Waals surface area contributed by atoms with E-state index in [4.69, 9.17) is 5.41 Å². The summed E-state index contributed by atoms with van der Waals surface area (Å²) in [6, 6.07) is 0.169. The van der Waals surface area contributed by atoms with Crippen LogP contribution in [0.5, 0.6) is 0 Å². The van der Waals surface area contributed by atoms with Crippen LogP contribution in [0.25, 0.3) is 0 Å². The van der Waals surface area contributed by atoms with E-state index < -0.39 is 0 Å². The fourth-order valence-electron chi connectivity index (χ4n) is 1.77. The molecule has 1 aliphatic heterocycles. The molecule has 0 spiro atoms. The summed E-state index contributed by atoms with van der Waals surface area (Å²) < 4.78 is 0. The van der Waals surface area contributed by atoms with Gasteiger partial charge in [-0.15, -0.1) is 0 Å². The molecule has 1 amide bonds. The Morgan fingerprint density at radius 3 is 2.69 bits per heavy atom. The lowest BCUT2D eigenvalue weighted by Crippen LogP contribution is -2.50. The van der Waals surface area contributed by atoms with Gasteiger partial charge in [0.25, 0.3) is 0 Å². The van der Waals surface area contributed by atoms with E-state index in [1.165, 1.54) is 0 Å². The number of rotatable bonds is 4. The highest BCUT2D eigenvalue weighted by Gasteiger charge is 2.23. The molecule has 0 radical (unpaired) electrons. The third-order valence-electron chi connectivity index (χ3n) is 2.65. The van der Waals surface area contributed by atoms with Gasteiger partial charge >= 0.3 is 0 Å². The number of nitrogens with zero attached hydrogens (tertiary/aromatic N) is 3. The van der Waals surface area contributed by atoms with Gasteiger partial charge in [0.1, 0.15) is 5.82 Å². The Labute approximate surface area is 96.0 Å². The lowest BCUT2D eigenvalue weighted by Gasteiger charge is -2.38. The molecule has 1 heterocycles. The normalized spacial score (nSPS) is 21.9. The molecular weight excluding hydrogens is 204 g/mol. The van der Waals surface area contributed by atoms with Gasteiger partial charge in [0.15, 0.2) is 0 Å². The zero-order chi connectivity index (χ0) is 12.1. The van der Waals surface area contributed by atoms with Crippen molar-refractivity contribution in [3.63, 3.8) is 0 Å². The van der Waals surface area contributed by atoms with Crippen LogP contribution in [0.4, 0.5) is 0 Å². The van der Waals surface area contributed by atoms with Gasteiger partial charge in [-0.2, -0.15) is 0 Å². The Balaban J connectivity index is 2.72. The average molecular weight is 222 g/mol. The summed E-state index contributed by atoms with van der Waals surface area (Å²) in [6.45, 7) is 9.38. The van der Waals surface area contributed by atoms with E-state index in [-0.39, 0.29) is 6.04 Å². The van der Waals surface area contributed by atoms with Crippen molar-refractivity contribution in [2.24, 2.45) is 4.99 Å². The Kier molecular flexibility index (Phi) is 4.22. The zero-order valence-electron chi connectivity index (χ0n) is 9.81. The minimum Gasteiger partial charge on any atom is -0.353 e. The maximum Gasteiger partial charge on any atom is 0.210 e. The second-order valence-corrected chi connectivity index (χ2v) is 3.98. The first-order valence-corrected chi connectivity index (χ1v) is 5.28. The van der Waals surface area contributed by atoms with E-state index in [0.29, 0.717) is 18.1 Å². The molecule has 1 N–H and O–H groups in total. The van der Waals surface area contributed by atoms with Crippen molar-refractivity contribution < 1.29 is 4.79 Å². The molecule has 0 aromatic heterocycles. The largest absolute Gasteiger partial charge is 0.353 e. The highest BCUT2D eigenvalue weighted by Crippen LogP contribution is 2.13. The van der Waals surface area contributed by atoms with Gasteiger partial charge in [0, 0.05) is 37.5 Å². The summed E-state index contributed by atoms with van der Waals surface area (Å²) >= 11 is 0. The van der Waals surface area contributed by atoms with Gasteiger partial charge in [-0.25, -0.2) is 4.99 Å². The minimum atomic E-state index is 0.169. The maximum absolute atomic E-state index is 10.7. The average Bonchev–Trinajstić information content (AvgIpc) is 2.25. The number of allylic oxidation sites excluding steroid dienone is 1. The number of aliphatic imine (C=N–C) groups is 1. The molecule has 0 bridgehead atoms. The minimum absolute atomic E-state index is 0.169. The van der Waals surface area contributed by atoms with Crippen molar-refractivity contribution in [3.05, 3.63) is 11.9 Å². The van der Waals surface area contributed by atoms with Crippen LogP contribution >= 0.6 is 0 Å². The predicted molar refractivity (Wildman–Crippen MR) is 64.8 cm³/mol. The summed E-state index contributed by atoms with van der Waals surface area (Å²) in [6.07, 6.45) is 2.57. The number of hydrogen-bond acceptors (Lipinski definition) is 4. The van der Waals surface area contributed by atoms with E-state index in [0.717, 1.165) is 19.5 Å². The van der Waals surface area contributed by atoms with Gasteiger partial charge in [-0.3, -0.25) is 4.79 Å². The molecule has 0 unspecified atom stereocenters. The second-order valence-electron chi connectivity index (χ2n) is 3.98. The van der Waals surface area contributed by atoms with Gasteiger partial charge < -0.3 is 15.2 Å². The predicted octanol–water partition coefficient (Wildman–Crippen LogP) is 0.731. The smallest absolute Gasteiger partial charge is 0.210 e. The third kappa shape index (κ3) is 2.92. The number of nitrogens with one attached hydrogen (secondary N) is 1. The summed E-state index contributed by atoms with van der Waals surface area (Å²) in [4.78, 5) is 18.5. The van der Waals surface area contributed by atoms with Gasteiger partial charge in [-0.05, 0) is 20.6 Å². The topological polar surface area (TPSA) is 59.8 Å². The highest BCUT2D eigenvalue weighted by atomic mass is 16.1. The van der Waals surface area contributed by atoms with Gasteiger partial charge in [-0.1, -0.05) is 0 Å². The van der Waals surface area contributed by atoms with E-state index in [9.17, 15) is 4.79 Å². The van der Waals surface area contributed by atoms with Crippen LogP contribution in [0, 0.1) is 5.41 Å². The molecule has 16 heavy (non-hydrogen) atoms. The highest BCUT2D eigenvalue weighted by molar-refractivity contribution is 5.90. The zero-order valence-corrected chi connectivity index (χ0v) is 9.81. The Hall–Kier alpha value is -1.65. The number of carbonyl (C=O) groups is 1. The number of amides is 1. The summed E-state index contributed by atoms with van der Waals surface area (Å²) in [5.74, 6) is 0.713. The first-order valence-electron chi connectivity index (χ1n) is 5.28. The first kappa shape index (κ1) is 12.4. The standard InChI is InChI=1S/C11H18N4O/c1-9(12)6-11(13-3)14-4-5-15(8-16)10(2)7-14/h6,8,10,12H,3-5,7H2,1-2H3/b11-6+,12-9?/t10-/m1/s1. The Bertz CT molecular complexity index is 324. The van der Waals surface area contributed by atoms with E-state index in [1.54, 1.807) is 17.9 Å². The maximum atomic E-state index is 10.7. The van der Waals surface area contributed by atoms with Crippen LogP contribution < -0.4 is 0 Å². The van der Waals surface area contributed by atoms with Crippen molar-refractivity contribution in [2.45, 2.75) is 19.9 Å². The van der Waals surface area contributed by atoms with Crippen LogP contribution in [0.3, 0.4) is 0 Å². The van der Waals surface area contributed by atoms with Crippen LogP contribution in [0.15, 0.2) is 16.9 Å².